The predicted octanol–water partition coefficient (Wildman–Crippen LogP) is 0.730. The minimum Gasteiger partial charge on any atom is -0.310 e. The number of carbonyl (C=O) groups excluding carboxylic acids is 2. The highest BCUT2D eigenvalue weighted by molar-refractivity contribution is 6.06. The first kappa shape index (κ1) is 10.6. The van der Waals surface area contributed by atoms with Crippen molar-refractivity contribution in [3.05, 3.63) is 0 Å². The fourth-order valence-electron chi connectivity index (χ4n) is 1.41. The van der Waals surface area contributed by atoms with Gasteiger partial charge in [-0.15, -0.1) is 12.3 Å². The predicted molar refractivity (Wildman–Crippen MR) is 52.4 cm³/mol. The Morgan fingerprint density at radius 1 is 1.50 bits per heavy atom. The third-order valence-electron chi connectivity index (χ3n) is 2.40. The Kier molecular flexibility index (Phi) is 2.80. The molecule has 3 amide bonds. The van der Waals surface area contributed by atoms with Gasteiger partial charge in [-0.2, -0.15) is 0 Å². The maximum Gasteiger partial charge on any atom is 0.324 e. The van der Waals surface area contributed by atoms with Gasteiger partial charge in [0.1, 0.15) is 5.54 Å². The standard InChI is InChI=1S/C10H14N2O2/c1-4-5-6-7-12-9(14)11-8(13)10(12,2)3/h1H,5-7H2,2-3H3,(H,11,13,14). The molecule has 1 fully saturated rings. The summed E-state index contributed by atoms with van der Waals surface area (Å²) in [7, 11) is 0. The number of nitrogens with one attached hydrogen (secondary N) is 1. The molecule has 4 nitrogen and oxygen atoms in total. The van der Waals surface area contributed by atoms with Gasteiger partial charge in [0.05, 0.1) is 0 Å². The van der Waals surface area contributed by atoms with Crippen LogP contribution in [-0.4, -0.2) is 28.9 Å². The van der Waals surface area contributed by atoms with Crippen molar-refractivity contribution >= 4 is 11.9 Å². The van der Waals surface area contributed by atoms with Crippen molar-refractivity contribution in [2.45, 2.75) is 32.2 Å². The smallest absolute Gasteiger partial charge is 0.310 e. The topological polar surface area (TPSA) is 49.4 Å². The van der Waals surface area contributed by atoms with Gasteiger partial charge in [0.2, 0.25) is 0 Å². The van der Waals surface area contributed by atoms with Crippen LogP contribution in [0.3, 0.4) is 0 Å². The molecule has 0 unspecified atom stereocenters. The highest BCUT2D eigenvalue weighted by Crippen LogP contribution is 2.20. The van der Waals surface area contributed by atoms with Crippen LogP contribution in [0.15, 0.2) is 0 Å². The second kappa shape index (κ2) is 3.70. The van der Waals surface area contributed by atoms with Crippen molar-refractivity contribution < 1.29 is 9.59 Å². The normalized spacial score (nSPS) is 19.4. The van der Waals surface area contributed by atoms with Crippen molar-refractivity contribution in [2.24, 2.45) is 0 Å². The summed E-state index contributed by atoms with van der Waals surface area (Å²) in [5, 5.41) is 2.28. The van der Waals surface area contributed by atoms with E-state index in [2.05, 4.69) is 11.2 Å². The molecule has 14 heavy (non-hydrogen) atoms. The van der Waals surface area contributed by atoms with Crippen molar-refractivity contribution in [3.8, 4) is 12.3 Å². The molecule has 0 saturated carbocycles. The summed E-state index contributed by atoms with van der Waals surface area (Å²) in [5.74, 6) is 2.25. The monoisotopic (exact) mass is 194 g/mol. The lowest BCUT2D eigenvalue weighted by molar-refractivity contribution is -0.125. The van der Waals surface area contributed by atoms with E-state index in [1.807, 2.05) is 0 Å². The van der Waals surface area contributed by atoms with Crippen LogP contribution in [0.4, 0.5) is 4.79 Å². The molecule has 1 saturated heterocycles. The van der Waals surface area contributed by atoms with Gasteiger partial charge in [0.25, 0.3) is 5.91 Å². The Morgan fingerprint density at radius 3 is 2.57 bits per heavy atom. The third-order valence-corrected chi connectivity index (χ3v) is 2.40. The van der Waals surface area contributed by atoms with E-state index < -0.39 is 5.54 Å². The molecule has 0 atom stereocenters. The Bertz CT molecular complexity index is 302. The summed E-state index contributed by atoms with van der Waals surface area (Å²) in [6, 6.07) is -0.322. The highest BCUT2D eigenvalue weighted by atomic mass is 16.2. The third kappa shape index (κ3) is 1.72. The van der Waals surface area contributed by atoms with Gasteiger partial charge in [-0.05, 0) is 20.3 Å². The first-order valence-corrected chi connectivity index (χ1v) is 4.56. The number of hydrogen-bond donors (Lipinski definition) is 1. The van der Waals surface area contributed by atoms with E-state index in [-0.39, 0.29) is 11.9 Å². The van der Waals surface area contributed by atoms with Crippen LogP contribution in [-0.2, 0) is 4.79 Å². The summed E-state index contributed by atoms with van der Waals surface area (Å²) in [5.41, 5.74) is -0.744. The van der Waals surface area contributed by atoms with E-state index in [4.69, 9.17) is 6.42 Å². The van der Waals surface area contributed by atoms with Crippen LogP contribution >= 0.6 is 0 Å². The molecular formula is C10H14N2O2. The van der Waals surface area contributed by atoms with Crippen LogP contribution in [0.25, 0.3) is 0 Å². The molecule has 0 radical (unpaired) electrons. The molecule has 0 spiro atoms. The number of hydrogen-bond acceptors (Lipinski definition) is 2. The summed E-state index contributed by atoms with van der Waals surface area (Å²) in [6.45, 7) is 3.97. The second-order valence-corrected chi connectivity index (χ2v) is 3.78. The number of carbonyl (C=O) groups is 2. The molecule has 0 aromatic rings. The lowest BCUT2D eigenvalue weighted by Crippen LogP contribution is -2.44. The molecule has 0 aromatic carbocycles. The number of terminal acetylenes is 1. The molecule has 76 valence electrons. The van der Waals surface area contributed by atoms with E-state index in [1.165, 1.54) is 4.90 Å². The molecule has 0 aliphatic carbocycles. The van der Waals surface area contributed by atoms with E-state index >= 15 is 0 Å². The minimum atomic E-state index is -0.744. The fraction of sp³-hybridized carbons (Fsp3) is 0.600. The number of rotatable bonds is 3. The van der Waals surface area contributed by atoms with Gasteiger partial charge < -0.3 is 4.90 Å². The van der Waals surface area contributed by atoms with Crippen molar-refractivity contribution in [2.75, 3.05) is 6.54 Å². The lowest BCUT2D eigenvalue weighted by Gasteiger charge is -2.27. The summed E-state index contributed by atoms with van der Waals surface area (Å²) in [4.78, 5) is 24.2. The number of amides is 3. The molecule has 1 aliphatic heterocycles. The first-order chi connectivity index (χ1) is 6.50. The summed E-state index contributed by atoms with van der Waals surface area (Å²) in [6.07, 6.45) is 6.45. The zero-order chi connectivity index (χ0) is 10.8. The molecule has 1 heterocycles. The van der Waals surface area contributed by atoms with Crippen molar-refractivity contribution in [1.29, 1.82) is 0 Å². The number of unbranched alkanes of at least 4 members (excludes halogenated alkanes) is 1. The summed E-state index contributed by atoms with van der Waals surface area (Å²) >= 11 is 0. The molecule has 1 N–H and O–H groups in total. The quantitative estimate of drug-likeness (QED) is 0.409. The Balaban J connectivity index is 2.63. The van der Waals surface area contributed by atoms with E-state index in [0.717, 1.165) is 6.42 Å². The Hall–Kier alpha value is -1.50. The minimum absolute atomic E-state index is 0.247. The zero-order valence-corrected chi connectivity index (χ0v) is 8.46. The fourth-order valence-corrected chi connectivity index (χ4v) is 1.41. The average Bonchev–Trinajstić information content (AvgIpc) is 2.28. The van der Waals surface area contributed by atoms with Crippen LogP contribution in [0.2, 0.25) is 0 Å². The van der Waals surface area contributed by atoms with E-state index in [9.17, 15) is 9.59 Å². The Labute approximate surface area is 83.6 Å². The molecule has 0 bridgehead atoms. The SMILES string of the molecule is C#CCCCN1C(=O)NC(=O)C1(C)C. The number of imide groups is 1. The van der Waals surface area contributed by atoms with Gasteiger partial charge in [-0.3, -0.25) is 10.1 Å². The van der Waals surface area contributed by atoms with Gasteiger partial charge >= 0.3 is 6.03 Å². The number of nitrogens with zero attached hydrogens (tertiary/aromatic N) is 1. The zero-order valence-electron chi connectivity index (χ0n) is 8.46. The average molecular weight is 194 g/mol. The second-order valence-electron chi connectivity index (χ2n) is 3.78. The molecule has 1 aliphatic rings. The maximum absolute atomic E-state index is 11.3. The van der Waals surface area contributed by atoms with Crippen LogP contribution < -0.4 is 5.32 Å². The molecule has 4 heteroatoms. The van der Waals surface area contributed by atoms with Crippen molar-refractivity contribution in [1.82, 2.24) is 10.2 Å². The van der Waals surface area contributed by atoms with Gasteiger partial charge in [-0.1, -0.05) is 0 Å². The van der Waals surface area contributed by atoms with Gasteiger partial charge in [0, 0.05) is 13.0 Å². The Morgan fingerprint density at radius 2 is 2.14 bits per heavy atom. The highest BCUT2D eigenvalue weighted by Gasteiger charge is 2.44. The first-order valence-electron chi connectivity index (χ1n) is 4.56. The lowest BCUT2D eigenvalue weighted by atomic mass is 10.0. The van der Waals surface area contributed by atoms with Crippen LogP contribution in [0.5, 0.6) is 0 Å². The van der Waals surface area contributed by atoms with Crippen molar-refractivity contribution in [3.63, 3.8) is 0 Å². The molecule has 1 rings (SSSR count). The summed E-state index contributed by atoms with van der Waals surface area (Å²) < 4.78 is 0. The van der Waals surface area contributed by atoms with E-state index in [0.29, 0.717) is 13.0 Å². The van der Waals surface area contributed by atoms with E-state index in [1.54, 1.807) is 13.8 Å². The number of urea groups is 1. The van der Waals surface area contributed by atoms with Crippen LogP contribution in [0, 0.1) is 12.3 Å². The largest absolute Gasteiger partial charge is 0.324 e. The van der Waals surface area contributed by atoms with Crippen LogP contribution in [0.1, 0.15) is 26.7 Å². The molecular weight excluding hydrogens is 180 g/mol. The van der Waals surface area contributed by atoms with Gasteiger partial charge in [-0.25, -0.2) is 4.79 Å². The molecule has 0 aromatic heterocycles. The maximum atomic E-state index is 11.3. The van der Waals surface area contributed by atoms with Gasteiger partial charge in [0.15, 0.2) is 0 Å².